The van der Waals surface area contributed by atoms with Gasteiger partial charge in [-0.3, -0.25) is 0 Å². The minimum atomic E-state index is -4.85. The lowest BCUT2D eigenvalue weighted by atomic mass is 10.2. The van der Waals surface area contributed by atoms with Crippen LogP contribution in [-0.2, 0) is 13.2 Å². The number of halogens is 3. The minimum absolute atomic E-state index is 0.0470. The summed E-state index contributed by atoms with van der Waals surface area (Å²) in [5.74, 6) is -0.689. The molecule has 1 heterocycles. The number of nitrogens with zero attached hydrogens (tertiary/aromatic N) is 1. The molecule has 16 heavy (non-hydrogen) atoms. The van der Waals surface area contributed by atoms with E-state index < -0.39 is 18.8 Å². The Hall–Kier alpha value is -1.54. The van der Waals surface area contributed by atoms with Crippen LogP contribution in [0.5, 0.6) is 5.88 Å². The first-order chi connectivity index (χ1) is 7.37. The predicted octanol–water partition coefficient (Wildman–Crippen LogP) is 0.513. The zero-order valence-corrected chi connectivity index (χ0v) is 8.08. The van der Waals surface area contributed by atoms with Crippen LogP contribution in [0.3, 0.4) is 0 Å². The van der Waals surface area contributed by atoms with Crippen LogP contribution in [0.1, 0.15) is 11.3 Å². The molecule has 0 aliphatic carbocycles. The number of aliphatic hydroxyl groups excluding tert-OH is 1. The lowest BCUT2D eigenvalue weighted by Gasteiger charge is -2.12. The Morgan fingerprint density at radius 2 is 2.06 bits per heavy atom. The Bertz CT molecular complexity index is 356. The molecule has 0 aromatic carbocycles. The van der Waals surface area contributed by atoms with Gasteiger partial charge >= 0.3 is 6.36 Å². The number of pyridine rings is 1. The van der Waals surface area contributed by atoms with Gasteiger partial charge in [0.1, 0.15) is 0 Å². The molecule has 0 fully saturated rings. The van der Waals surface area contributed by atoms with Crippen LogP contribution < -0.4 is 16.2 Å². The maximum Gasteiger partial charge on any atom is 0.574 e. The lowest BCUT2D eigenvalue weighted by Crippen LogP contribution is -2.19. The number of aliphatic hydroxyl groups is 1. The van der Waals surface area contributed by atoms with E-state index in [4.69, 9.17) is 16.6 Å². The molecule has 0 saturated carbocycles. The van der Waals surface area contributed by atoms with Gasteiger partial charge in [0, 0.05) is 18.2 Å². The summed E-state index contributed by atoms with van der Waals surface area (Å²) in [4.78, 5) is 3.48. The molecule has 0 spiro atoms. The van der Waals surface area contributed by atoms with Gasteiger partial charge in [0.05, 0.1) is 18.0 Å². The summed E-state index contributed by atoms with van der Waals surface area (Å²) in [6.07, 6.45) is -4.85. The molecular formula is C8H10F3N3O2. The number of aromatic nitrogens is 1. The summed E-state index contributed by atoms with van der Waals surface area (Å²) >= 11 is 0. The highest BCUT2D eigenvalue weighted by molar-refractivity contribution is 5.52. The summed E-state index contributed by atoms with van der Waals surface area (Å²) in [5, 5.41) is 8.88. The van der Waals surface area contributed by atoms with Crippen molar-refractivity contribution in [2.45, 2.75) is 19.5 Å². The van der Waals surface area contributed by atoms with Crippen molar-refractivity contribution in [3.05, 3.63) is 17.3 Å². The molecule has 1 rings (SSSR count). The van der Waals surface area contributed by atoms with E-state index in [-0.39, 0.29) is 23.5 Å². The fourth-order valence-corrected chi connectivity index (χ4v) is 1.09. The molecule has 90 valence electrons. The number of nitrogens with two attached hydrogens (primary N) is 2. The van der Waals surface area contributed by atoms with Crippen molar-refractivity contribution in [2.75, 3.05) is 5.73 Å². The quantitative estimate of drug-likeness (QED) is 0.712. The molecule has 0 saturated heterocycles. The summed E-state index contributed by atoms with van der Waals surface area (Å²) in [6, 6.07) is 0.919. The Kier molecular flexibility index (Phi) is 3.55. The molecule has 0 unspecified atom stereocenters. The average molecular weight is 237 g/mol. The molecular weight excluding hydrogens is 227 g/mol. The molecule has 1 aromatic heterocycles. The molecule has 5 N–H and O–H groups in total. The third-order valence-electron chi connectivity index (χ3n) is 1.78. The van der Waals surface area contributed by atoms with E-state index in [1.165, 1.54) is 0 Å². The van der Waals surface area contributed by atoms with Gasteiger partial charge in [-0.2, -0.15) is 0 Å². The number of hydrogen-bond donors (Lipinski definition) is 3. The minimum Gasteiger partial charge on any atom is -0.397 e. The maximum atomic E-state index is 11.9. The van der Waals surface area contributed by atoms with Crippen LogP contribution in [0.2, 0.25) is 0 Å². The van der Waals surface area contributed by atoms with Crippen LogP contribution in [0.25, 0.3) is 0 Å². The Morgan fingerprint density at radius 3 is 2.50 bits per heavy atom. The number of rotatable bonds is 3. The highest BCUT2D eigenvalue weighted by atomic mass is 19.4. The Balaban J connectivity index is 3.12. The summed E-state index contributed by atoms with van der Waals surface area (Å²) in [6.45, 7) is -0.663. The van der Waals surface area contributed by atoms with Gasteiger partial charge in [-0.25, -0.2) is 4.98 Å². The monoisotopic (exact) mass is 237 g/mol. The van der Waals surface area contributed by atoms with E-state index in [0.717, 1.165) is 6.07 Å². The summed E-state index contributed by atoms with van der Waals surface area (Å²) < 4.78 is 39.4. The van der Waals surface area contributed by atoms with Gasteiger partial charge in [-0.05, 0) is 0 Å². The number of nitrogen functional groups attached to an aromatic ring is 1. The van der Waals surface area contributed by atoms with Gasteiger partial charge < -0.3 is 21.3 Å². The molecule has 0 aliphatic rings. The van der Waals surface area contributed by atoms with E-state index in [9.17, 15) is 13.2 Å². The number of alkyl halides is 3. The van der Waals surface area contributed by atoms with E-state index in [1.54, 1.807) is 0 Å². The lowest BCUT2D eigenvalue weighted by molar-refractivity contribution is -0.276. The van der Waals surface area contributed by atoms with Crippen LogP contribution in [-0.4, -0.2) is 16.5 Å². The molecule has 0 atom stereocenters. The first kappa shape index (κ1) is 12.5. The van der Waals surface area contributed by atoms with Crippen LogP contribution in [0.15, 0.2) is 6.07 Å². The standard InChI is InChI=1S/C8H10F3N3O2/c9-8(10,11)16-6-1-4(3-15)7(13)5(2-12)14-6/h1,15H,2-3,12-13H2. The largest absolute Gasteiger partial charge is 0.574 e. The fraction of sp³-hybridized carbons (Fsp3) is 0.375. The van der Waals surface area contributed by atoms with Gasteiger partial charge in [-0.15, -0.1) is 13.2 Å². The van der Waals surface area contributed by atoms with E-state index in [2.05, 4.69) is 9.72 Å². The second-order valence-electron chi connectivity index (χ2n) is 2.89. The van der Waals surface area contributed by atoms with Crippen molar-refractivity contribution in [2.24, 2.45) is 5.73 Å². The highest BCUT2D eigenvalue weighted by Crippen LogP contribution is 2.26. The third-order valence-corrected chi connectivity index (χ3v) is 1.78. The van der Waals surface area contributed by atoms with E-state index in [1.807, 2.05) is 0 Å². The van der Waals surface area contributed by atoms with Crippen LogP contribution in [0, 0.1) is 0 Å². The van der Waals surface area contributed by atoms with Crippen LogP contribution >= 0.6 is 0 Å². The zero-order valence-electron chi connectivity index (χ0n) is 8.08. The average Bonchev–Trinajstić information content (AvgIpc) is 2.18. The van der Waals surface area contributed by atoms with Gasteiger partial charge in [0.25, 0.3) is 0 Å². The molecule has 0 aliphatic heterocycles. The second kappa shape index (κ2) is 4.54. The zero-order chi connectivity index (χ0) is 12.3. The highest BCUT2D eigenvalue weighted by Gasteiger charge is 2.32. The van der Waals surface area contributed by atoms with Gasteiger partial charge in [0.15, 0.2) is 0 Å². The fourth-order valence-electron chi connectivity index (χ4n) is 1.09. The third kappa shape index (κ3) is 2.97. The summed E-state index contributed by atoms with van der Waals surface area (Å²) in [5.41, 5.74) is 11.0. The Labute approximate surface area is 88.8 Å². The van der Waals surface area contributed by atoms with Crippen molar-refractivity contribution < 1.29 is 23.0 Å². The predicted molar refractivity (Wildman–Crippen MR) is 49.1 cm³/mol. The van der Waals surface area contributed by atoms with E-state index >= 15 is 0 Å². The normalized spacial score (nSPS) is 11.6. The number of anilines is 1. The Morgan fingerprint density at radius 1 is 1.44 bits per heavy atom. The van der Waals surface area contributed by atoms with Crippen LogP contribution in [0.4, 0.5) is 18.9 Å². The molecule has 0 radical (unpaired) electrons. The van der Waals surface area contributed by atoms with Gasteiger partial charge in [0.2, 0.25) is 5.88 Å². The smallest absolute Gasteiger partial charge is 0.397 e. The number of ether oxygens (including phenoxy) is 1. The van der Waals surface area contributed by atoms with Crippen molar-refractivity contribution in [1.29, 1.82) is 0 Å². The summed E-state index contributed by atoms with van der Waals surface area (Å²) in [7, 11) is 0. The van der Waals surface area contributed by atoms with Gasteiger partial charge in [-0.1, -0.05) is 0 Å². The molecule has 0 bridgehead atoms. The van der Waals surface area contributed by atoms with E-state index in [0.29, 0.717) is 0 Å². The molecule has 5 nitrogen and oxygen atoms in total. The van der Waals surface area contributed by atoms with Crippen molar-refractivity contribution in [3.8, 4) is 5.88 Å². The molecule has 1 aromatic rings. The molecule has 0 amide bonds. The van der Waals surface area contributed by atoms with Crippen molar-refractivity contribution >= 4 is 5.69 Å². The SMILES string of the molecule is NCc1nc(OC(F)(F)F)cc(CO)c1N. The second-order valence-corrected chi connectivity index (χ2v) is 2.89. The molecule has 8 heteroatoms. The first-order valence-electron chi connectivity index (χ1n) is 4.22. The topological polar surface area (TPSA) is 94.4 Å². The van der Waals surface area contributed by atoms with Crippen molar-refractivity contribution in [3.63, 3.8) is 0 Å². The number of hydrogen-bond acceptors (Lipinski definition) is 5. The first-order valence-corrected chi connectivity index (χ1v) is 4.22. The van der Waals surface area contributed by atoms with Crippen molar-refractivity contribution in [1.82, 2.24) is 4.98 Å². The maximum absolute atomic E-state index is 11.9.